The minimum atomic E-state index is -0.116. The van der Waals surface area contributed by atoms with Crippen LogP contribution >= 0.6 is 0 Å². The van der Waals surface area contributed by atoms with Crippen molar-refractivity contribution in [3.8, 4) is 0 Å². The van der Waals surface area contributed by atoms with Crippen LogP contribution in [0.5, 0.6) is 0 Å². The molecule has 4 aliphatic carbocycles. The van der Waals surface area contributed by atoms with Crippen LogP contribution in [-0.2, 0) is 9.53 Å². The molecule has 0 saturated heterocycles. The first-order valence-electron chi connectivity index (χ1n) is 6.71. The summed E-state index contributed by atoms with van der Waals surface area (Å²) in [5.41, 5.74) is 0.291. The lowest BCUT2D eigenvalue weighted by atomic mass is 9.46. The van der Waals surface area contributed by atoms with E-state index in [9.17, 15) is 4.79 Å². The molecular formula is C14H22O2. The Labute approximate surface area is 97.7 Å². The fraction of sp³-hybridized carbons (Fsp3) is 0.929. The summed E-state index contributed by atoms with van der Waals surface area (Å²) in [6, 6.07) is 0. The van der Waals surface area contributed by atoms with Gasteiger partial charge in [0.05, 0.1) is 6.61 Å². The maximum Gasteiger partial charge on any atom is 0.302 e. The summed E-state index contributed by atoms with van der Waals surface area (Å²) < 4.78 is 5.33. The predicted molar refractivity (Wildman–Crippen MR) is 61.8 cm³/mol. The second-order valence-corrected chi connectivity index (χ2v) is 6.59. The van der Waals surface area contributed by atoms with E-state index in [0.29, 0.717) is 12.0 Å². The summed E-state index contributed by atoms with van der Waals surface area (Å²) in [5, 5.41) is 0. The van der Waals surface area contributed by atoms with Gasteiger partial charge in [-0.1, -0.05) is 6.92 Å². The van der Waals surface area contributed by atoms with Gasteiger partial charge in [-0.25, -0.2) is 0 Å². The fourth-order valence-corrected chi connectivity index (χ4v) is 4.75. The van der Waals surface area contributed by atoms with E-state index in [1.54, 1.807) is 0 Å². The average molecular weight is 222 g/mol. The first-order chi connectivity index (χ1) is 7.58. The molecule has 0 unspecified atom stereocenters. The van der Waals surface area contributed by atoms with Gasteiger partial charge in [-0.2, -0.15) is 0 Å². The number of carbonyl (C=O) groups excluding carboxylic acids is 1. The van der Waals surface area contributed by atoms with Gasteiger partial charge in [0.15, 0.2) is 0 Å². The highest BCUT2D eigenvalue weighted by Gasteiger charge is 2.55. The third-order valence-electron chi connectivity index (χ3n) is 5.59. The highest BCUT2D eigenvalue weighted by Crippen LogP contribution is 2.62. The minimum absolute atomic E-state index is 0.116. The summed E-state index contributed by atoms with van der Waals surface area (Å²) in [7, 11) is 0. The van der Waals surface area contributed by atoms with E-state index < -0.39 is 0 Å². The molecule has 0 aromatic rings. The molecule has 90 valence electrons. The Morgan fingerprint density at radius 2 is 1.62 bits per heavy atom. The van der Waals surface area contributed by atoms with Crippen molar-refractivity contribution in [3.05, 3.63) is 0 Å². The second kappa shape index (κ2) is 3.48. The van der Waals surface area contributed by atoms with Crippen molar-refractivity contribution >= 4 is 5.97 Å². The van der Waals surface area contributed by atoms with E-state index in [2.05, 4.69) is 6.92 Å². The van der Waals surface area contributed by atoms with E-state index in [0.717, 1.165) is 23.7 Å². The molecule has 0 N–H and O–H groups in total. The van der Waals surface area contributed by atoms with Crippen molar-refractivity contribution in [2.45, 2.75) is 46.0 Å². The zero-order valence-electron chi connectivity index (χ0n) is 10.4. The van der Waals surface area contributed by atoms with Crippen LogP contribution in [0.4, 0.5) is 0 Å². The van der Waals surface area contributed by atoms with E-state index in [1.807, 2.05) is 0 Å². The zero-order valence-corrected chi connectivity index (χ0v) is 10.4. The molecule has 2 nitrogen and oxygen atoms in total. The number of ether oxygens (including phenoxy) is 1. The Morgan fingerprint density at radius 1 is 1.12 bits per heavy atom. The maximum atomic E-state index is 11.0. The van der Waals surface area contributed by atoms with Gasteiger partial charge in [0, 0.05) is 12.3 Å². The minimum Gasteiger partial charge on any atom is -0.465 e. The fourth-order valence-electron chi connectivity index (χ4n) is 4.75. The molecule has 4 aliphatic rings. The van der Waals surface area contributed by atoms with Gasteiger partial charge in [-0.3, -0.25) is 4.79 Å². The average Bonchev–Trinajstić information content (AvgIpc) is 2.22. The Kier molecular flexibility index (Phi) is 2.31. The van der Waals surface area contributed by atoms with Gasteiger partial charge < -0.3 is 4.74 Å². The summed E-state index contributed by atoms with van der Waals surface area (Å²) in [6.07, 6.45) is 7.06. The first-order valence-corrected chi connectivity index (χ1v) is 6.71. The second-order valence-electron chi connectivity index (χ2n) is 6.59. The third-order valence-corrected chi connectivity index (χ3v) is 5.59. The standard InChI is InChI=1S/C14H22O2/c1-9(15)16-8-14(2)12-4-10-3-11(6-12)7-13(14)5-10/h10-13H,3-8H2,1-2H3. The quantitative estimate of drug-likeness (QED) is 0.671. The van der Waals surface area contributed by atoms with E-state index in [-0.39, 0.29) is 5.97 Å². The van der Waals surface area contributed by atoms with Crippen molar-refractivity contribution in [1.82, 2.24) is 0 Å². The Balaban J connectivity index is 1.77. The smallest absolute Gasteiger partial charge is 0.302 e. The SMILES string of the molecule is CC(=O)OCC1(C)C2CC3CC(C2)CC1C3. The number of hydrogen-bond acceptors (Lipinski definition) is 2. The molecule has 0 heterocycles. The van der Waals surface area contributed by atoms with Crippen molar-refractivity contribution in [1.29, 1.82) is 0 Å². The molecule has 4 saturated carbocycles. The molecule has 0 spiro atoms. The lowest BCUT2D eigenvalue weighted by Gasteiger charge is -2.59. The molecule has 16 heavy (non-hydrogen) atoms. The van der Waals surface area contributed by atoms with Gasteiger partial charge >= 0.3 is 5.97 Å². The van der Waals surface area contributed by atoms with Crippen LogP contribution < -0.4 is 0 Å². The highest BCUT2D eigenvalue weighted by molar-refractivity contribution is 5.65. The largest absolute Gasteiger partial charge is 0.465 e. The Hall–Kier alpha value is -0.530. The highest BCUT2D eigenvalue weighted by atomic mass is 16.5. The monoisotopic (exact) mass is 222 g/mol. The Bertz CT molecular complexity index is 280. The molecule has 0 atom stereocenters. The molecule has 2 heteroatoms. The van der Waals surface area contributed by atoms with E-state index in [1.165, 1.54) is 39.0 Å². The van der Waals surface area contributed by atoms with Crippen molar-refractivity contribution in [3.63, 3.8) is 0 Å². The molecule has 0 radical (unpaired) electrons. The third kappa shape index (κ3) is 1.49. The summed E-state index contributed by atoms with van der Waals surface area (Å²) >= 11 is 0. The molecule has 4 fully saturated rings. The normalized spacial score (nSPS) is 49.4. The lowest BCUT2D eigenvalue weighted by molar-refractivity contribution is -0.161. The molecule has 4 rings (SSSR count). The first kappa shape index (κ1) is 10.6. The summed E-state index contributed by atoms with van der Waals surface area (Å²) in [5.74, 6) is 3.52. The van der Waals surface area contributed by atoms with Gasteiger partial charge in [-0.05, 0) is 55.8 Å². The van der Waals surface area contributed by atoms with Crippen molar-refractivity contribution in [2.24, 2.45) is 29.1 Å². The van der Waals surface area contributed by atoms with Crippen molar-refractivity contribution in [2.75, 3.05) is 6.61 Å². The zero-order chi connectivity index (χ0) is 11.3. The number of carbonyl (C=O) groups is 1. The van der Waals surface area contributed by atoms with E-state index in [4.69, 9.17) is 4.74 Å². The predicted octanol–water partition coefficient (Wildman–Crippen LogP) is 3.01. The van der Waals surface area contributed by atoms with Crippen LogP contribution in [-0.4, -0.2) is 12.6 Å². The lowest BCUT2D eigenvalue weighted by Crippen LogP contribution is -2.53. The van der Waals surface area contributed by atoms with Crippen LogP contribution in [0.2, 0.25) is 0 Å². The van der Waals surface area contributed by atoms with Crippen LogP contribution in [0.3, 0.4) is 0 Å². The molecule has 0 amide bonds. The summed E-state index contributed by atoms with van der Waals surface area (Å²) in [4.78, 5) is 11.0. The van der Waals surface area contributed by atoms with Crippen LogP contribution in [0, 0.1) is 29.1 Å². The molecule has 0 aliphatic heterocycles. The van der Waals surface area contributed by atoms with Gasteiger partial charge in [-0.15, -0.1) is 0 Å². The molecule has 0 aromatic carbocycles. The van der Waals surface area contributed by atoms with Crippen molar-refractivity contribution < 1.29 is 9.53 Å². The van der Waals surface area contributed by atoms with Crippen LogP contribution in [0.25, 0.3) is 0 Å². The van der Waals surface area contributed by atoms with Gasteiger partial charge in [0.2, 0.25) is 0 Å². The molecule has 0 aromatic heterocycles. The number of rotatable bonds is 2. The molecule has 4 bridgehead atoms. The maximum absolute atomic E-state index is 11.0. The topological polar surface area (TPSA) is 26.3 Å². The van der Waals surface area contributed by atoms with Gasteiger partial charge in [0.25, 0.3) is 0 Å². The van der Waals surface area contributed by atoms with Crippen LogP contribution in [0.1, 0.15) is 46.0 Å². The number of hydrogen-bond donors (Lipinski definition) is 0. The summed E-state index contributed by atoms with van der Waals surface area (Å²) in [6.45, 7) is 4.56. The Morgan fingerprint density at radius 3 is 2.06 bits per heavy atom. The van der Waals surface area contributed by atoms with Crippen LogP contribution in [0.15, 0.2) is 0 Å². The van der Waals surface area contributed by atoms with E-state index >= 15 is 0 Å². The number of esters is 1. The van der Waals surface area contributed by atoms with Gasteiger partial charge in [0.1, 0.15) is 0 Å². The molecular weight excluding hydrogens is 200 g/mol.